The number of carbonyl (C=O) groups excluding carboxylic acids is 1. The van der Waals surface area contributed by atoms with Gasteiger partial charge in [-0.3, -0.25) is 4.79 Å². The van der Waals surface area contributed by atoms with Crippen LogP contribution < -0.4 is 4.74 Å². The summed E-state index contributed by atoms with van der Waals surface area (Å²) in [6, 6.07) is 10.5. The van der Waals surface area contributed by atoms with Crippen molar-refractivity contribution in [2.24, 2.45) is 11.1 Å². The van der Waals surface area contributed by atoms with Gasteiger partial charge in [-0.15, -0.1) is 0 Å². The number of hydrogen-bond donors (Lipinski definition) is 0. The number of aryl methyl sites for hydroxylation is 1. The van der Waals surface area contributed by atoms with Gasteiger partial charge < -0.3 is 14.2 Å². The summed E-state index contributed by atoms with van der Waals surface area (Å²) < 4.78 is 20.7. The van der Waals surface area contributed by atoms with Gasteiger partial charge in [0.25, 0.3) is 0 Å². The van der Waals surface area contributed by atoms with Crippen LogP contribution in [0.4, 0.5) is 4.39 Å². The average Bonchev–Trinajstić information content (AvgIpc) is 3.26. The Hall–Kier alpha value is -3.55. The van der Waals surface area contributed by atoms with Gasteiger partial charge >= 0.3 is 0 Å². The lowest BCUT2D eigenvalue weighted by atomic mass is 9.85. The predicted octanol–water partition coefficient (Wildman–Crippen LogP) is 5.14. The molecule has 33 heavy (non-hydrogen) atoms. The lowest BCUT2D eigenvalue weighted by Gasteiger charge is -2.38. The summed E-state index contributed by atoms with van der Waals surface area (Å²) in [5.41, 5.74) is 3.14. The Morgan fingerprint density at radius 1 is 1.18 bits per heavy atom. The topological polar surface area (TPSA) is 76.8 Å². The third kappa shape index (κ3) is 4.51. The smallest absolute Gasteiger partial charge is 0.228 e. The Bertz CT molecular complexity index is 1140. The van der Waals surface area contributed by atoms with Crippen LogP contribution in [0.25, 0.3) is 5.69 Å². The lowest BCUT2D eigenvalue weighted by molar-refractivity contribution is -0.141. The largest absolute Gasteiger partial charge is 0.495 e. The average molecular weight is 451 g/mol. The molecule has 3 unspecified atom stereocenters. The SMILES string of the molecule is COc1cc(C(N=O)C2CCCN(C(C)c3ccc(F)cc3)C2=O)ccc1-n1cnc(C)c1. The number of nitroso groups, excluding NO2 is 1. The van der Waals surface area contributed by atoms with Gasteiger partial charge in [-0.2, -0.15) is 4.91 Å². The van der Waals surface area contributed by atoms with Gasteiger partial charge in [0.15, 0.2) is 0 Å². The van der Waals surface area contributed by atoms with E-state index in [4.69, 9.17) is 4.74 Å². The van der Waals surface area contributed by atoms with E-state index < -0.39 is 12.0 Å². The van der Waals surface area contributed by atoms with Crippen molar-refractivity contribution in [1.82, 2.24) is 14.5 Å². The minimum Gasteiger partial charge on any atom is -0.495 e. The van der Waals surface area contributed by atoms with Gasteiger partial charge in [0.05, 0.1) is 36.8 Å². The van der Waals surface area contributed by atoms with Gasteiger partial charge in [0.2, 0.25) is 5.91 Å². The number of ether oxygens (including phenoxy) is 1. The second-order valence-electron chi connectivity index (χ2n) is 8.41. The first kappa shape index (κ1) is 22.6. The maximum Gasteiger partial charge on any atom is 0.228 e. The van der Waals surface area contributed by atoms with E-state index in [9.17, 15) is 14.1 Å². The van der Waals surface area contributed by atoms with E-state index in [1.54, 1.807) is 36.5 Å². The molecule has 4 rings (SSSR count). The molecule has 1 amide bonds. The highest BCUT2D eigenvalue weighted by Gasteiger charge is 2.38. The van der Waals surface area contributed by atoms with E-state index >= 15 is 0 Å². The first-order valence-corrected chi connectivity index (χ1v) is 11.0. The van der Waals surface area contributed by atoms with Crippen molar-refractivity contribution in [2.45, 2.75) is 38.8 Å². The molecular weight excluding hydrogens is 423 g/mol. The minimum absolute atomic E-state index is 0.115. The maximum absolute atomic E-state index is 13.4. The van der Waals surface area contributed by atoms with Crippen LogP contribution in [0.2, 0.25) is 0 Å². The third-order valence-corrected chi connectivity index (χ3v) is 6.36. The molecule has 1 aromatic heterocycles. The van der Waals surface area contributed by atoms with E-state index in [2.05, 4.69) is 10.2 Å². The number of hydrogen-bond acceptors (Lipinski definition) is 5. The molecule has 0 N–H and O–H groups in total. The zero-order chi connectivity index (χ0) is 23.5. The molecule has 3 atom stereocenters. The number of aromatic nitrogens is 2. The van der Waals surface area contributed by atoms with E-state index in [0.717, 1.165) is 23.4 Å². The molecule has 0 radical (unpaired) electrons. The second kappa shape index (κ2) is 9.52. The summed E-state index contributed by atoms with van der Waals surface area (Å²) in [5.74, 6) is -0.429. The molecule has 1 aliphatic rings. The summed E-state index contributed by atoms with van der Waals surface area (Å²) in [5, 5.41) is 3.37. The van der Waals surface area contributed by atoms with Crippen molar-refractivity contribution in [3.63, 3.8) is 0 Å². The van der Waals surface area contributed by atoms with Crippen molar-refractivity contribution in [1.29, 1.82) is 0 Å². The van der Waals surface area contributed by atoms with Gasteiger partial charge in [0, 0.05) is 12.7 Å². The van der Waals surface area contributed by atoms with Crippen LogP contribution in [0.5, 0.6) is 5.75 Å². The predicted molar refractivity (Wildman–Crippen MR) is 123 cm³/mol. The fraction of sp³-hybridized carbons (Fsp3) is 0.360. The fourth-order valence-electron chi connectivity index (χ4n) is 4.54. The summed E-state index contributed by atoms with van der Waals surface area (Å²) in [6.45, 7) is 4.40. The number of imidazole rings is 1. The number of amides is 1. The molecule has 8 heteroatoms. The first-order chi connectivity index (χ1) is 15.9. The summed E-state index contributed by atoms with van der Waals surface area (Å²) in [4.78, 5) is 31.4. The van der Waals surface area contributed by atoms with Crippen LogP contribution in [-0.2, 0) is 4.79 Å². The number of likely N-dealkylation sites (tertiary alicyclic amines) is 1. The van der Waals surface area contributed by atoms with Gasteiger partial charge in [-0.1, -0.05) is 23.4 Å². The first-order valence-electron chi connectivity index (χ1n) is 11.0. The molecule has 0 aliphatic carbocycles. The van der Waals surface area contributed by atoms with Crippen LogP contribution in [0.3, 0.4) is 0 Å². The van der Waals surface area contributed by atoms with E-state index in [1.807, 2.05) is 36.7 Å². The molecule has 1 aliphatic heterocycles. The van der Waals surface area contributed by atoms with Crippen molar-refractivity contribution < 1.29 is 13.9 Å². The monoisotopic (exact) mass is 450 g/mol. The van der Waals surface area contributed by atoms with E-state index in [1.165, 1.54) is 12.1 Å². The molecule has 0 bridgehead atoms. The molecule has 3 aromatic rings. The second-order valence-corrected chi connectivity index (χ2v) is 8.41. The summed E-state index contributed by atoms with van der Waals surface area (Å²) in [7, 11) is 1.56. The highest BCUT2D eigenvalue weighted by molar-refractivity contribution is 5.81. The Kier molecular flexibility index (Phi) is 6.53. The van der Waals surface area contributed by atoms with Crippen LogP contribution in [-0.4, -0.2) is 34.0 Å². The number of methoxy groups -OCH3 is 1. The van der Waals surface area contributed by atoms with Crippen LogP contribution in [0, 0.1) is 23.6 Å². The lowest BCUT2D eigenvalue weighted by Crippen LogP contribution is -2.44. The highest BCUT2D eigenvalue weighted by Crippen LogP contribution is 2.38. The van der Waals surface area contributed by atoms with Crippen LogP contribution >= 0.6 is 0 Å². The van der Waals surface area contributed by atoms with Crippen molar-refractivity contribution >= 4 is 5.91 Å². The van der Waals surface area contributed by atoms with Gasteiger partial charge in [0.1, 0.15) is 17.6 Å². The molecule has 2 aromatic carbocycles. The third-order valence-electron chi connectivity index (χ3n) is 6.36. The molecule has 1 saturated heterocycles. The summed E-state index contributed by atoms with van der Waals surface area (Å²) >= 11 is 0. The quantitative estimate of drug-likeness (QED) is 0.467. The Morgan fingerprint density at radius 2 is 1.91 bits per heavy atom. The van der Waals surface area contributed by atoms with Crippen LogP contribution in [0.1, 0.15) is 48.7 Å². The normalized spacial score (nSPS) is 18.1. The van der Waals surface area contributed by atoms with Gasteiger partial charge in [-0.25, -0.2) is 9.37 Å². The molecule has 172 valence electrons. The van der Waals surface area contributed by atoms with Gasteiger partial charge in [-0.05, 0) is 62.1 Å². The zero-order valence-electron chi connectivity index (χ0n) is 18.9. The van der Waals surface area contributed by atoms with E-state index in [-0.39, 0.29) is 17.8 Å². The van der Waals surface area contributed by atoms with Crippen molar-refractivity contribution in [3.05, 3.63) is 82.5 Å². The van der Waals surface area contributed by atoms with Crippen molar-refractivity contribution in [2.75, 3.05) is 13.7 Å². The number of rotatable bonds is 7. The Balaban J connectivity index is 1.60. The Labute approximate surface area is 192 Å². The molecule has 7 nitrogen and oxygen atoms in total. The molecule has 2 heterocycles. The standard InChI is InChI=1S/C25H27FN4O3/c1-16-14-29(15-27-16)22-11-8-19(13-23(22)33-3)24(28-32)21-5-4-12-30(25(21)31)17(2)18-6-9-20(26)10-7-18/h6-11,13-15,17,21,24H,4-5,12H2,1-3H3. The zero-order valence-corrected chi connectivity index (χ0v) is 18.9. The fourth-order valence-corrected chi connectivity index (χ4v) is 4.54. The Morgan fingerprint density at radius 3 is 2.55 bits per heavy atom. The number of halogens is 1. The van der Waals surface area contributed by atoms with Crippen molar-refractivity contribution in [3.8, 4) is 11.4 Å². The van der Waals surface area contributed by atoms with Crippen LogP contribution in [0.15, 0.2) is 60.2 Å². The molecule has 0 saturated carbocycles. The highest BCUT2D eigenvalue weighted by atomic mass is 19.1. The molecule has 1 fully saturated rings. The molecular formula is C25H27FN4O3. The maximum atomic E-state index is 13.4. The minimum atomic E-state index is -0.826. The number of benzene rings is 2. The number of nitrogens with zero attached hydrogens (tertiary/aromatic N) is 4. The number of carbonyl (C=O) groups is 1. The molecule has 0 spiro atoms. The van der Waals surface area contributed by atoms with E-state index in [0.29, 0.717) is 24.3 Å². The number of piperidine rings is 1. The summed E-state index contributed by atoms with van der Waals surface area (Å²) in [6.07, 6.45) is 4.91.